The fourth-order valence-electron chi connectivity index (χ4n) is 0.318. The summed E-state index contributed by atoms with van der Waals surface area (Å²) in [6.07, 6.45) is 0.583. The zero-order chi connectivity index (χ0) is 6.41. The summed E-state index contributed by atoms with van der Waals surface area (Å²) in [5.74, 6) is 0.173. The molecule has 0 heterocycles. The van der Waals surface area contributed by atoms with Gasteiger partial charge in [0.15, 0.2) is 5.78 Å². The van der Waals surface area contributed by atoms with Gasteiger partial charge >= 0.3 is 0 Å². The minimum atomic E-state index is 0.173. The summed E-state index contributed by atoms with van der Waals surface area (Å²) < 4.78 is 4.84. The summed E-state index contributed by atoms with van der Waals surface area (Å²) in [5, 5.41) is 0. The molecule has 0 saturated carbocycles. The maximum atomic E-state index is 10.4. The number of ether oxygens (including phenoxy) is 1. The van der Waals surface area contributed by atoms with Gasteiger partial charge in [-0.2, -0.15) is 0 Å². The van der Waals surface area contributed by atoms with Crippen LogP contribution in [0, 0.1) is 0 Å². The van der Waals surface area contributed by atoms with E-state index in [-0.39, 0.29) is 12.4 Å². The molecule has 0 N–H and O–H groups in total. The first-order valence-electron chi connectivity index (χ1n) is 2.90. The van der Waals surface area contributed by atoms with Crippen LogP contribution in [0.5, 0.6) is 0 Å². The van der Waals surface area contributed by atoms with Crippen LogP contribution in [0.25, 0.3) is 0 Å². The van der Waals surface area contributed by atoms with Crippen LogP contribution in [-0.2, 0) is 9.53 Å². The Morgan fingerprint density at radius 2 is 2.12 bits per heavy atom. The van der Waals surface area contributed by atoms with Gasteiger partial charge in [0.05, 0.1) is 0 Å². The second-order valence-electron chi connectivity index (χ2n) is 1.53. The van der Waals surface area contributed by atoms with Gasteiger partial charge in [0.1, 0.15) is 6.61 Å². The first kappa shape index (κ1) is 7.63. The van der Waals surface area contributed by atoms with Gasteiger partial charge in [-0.05, 0) is 6.92 Å². The number of rotatable bonds is 4. The van der Waals surface area contributed by atoms with Crippen LogP contribution in [0.3, 0.4) is 0 Å². The SMILES string of the molecule is CCOCC(=O)CC. The Hall–Kier alpha value is -0.370. The molecule has 2 heteroatoms. The highest BCUT2D eigenvalue weighted by Gasteiger charge is 1.93. The van der Waals surface area contributed by atoms with Crippen molar-refractivity contribution in [3.05, 3.63) is 0 Å². The van der Waals surface area contributed by atoms with Gasteiger partial charge < -0.3 is 4.74 Å². The van der Waals surface area contributed by atoms with E-state index in [1.165, 1.54) is 0 Å². The molecule has 0 aliphatic heterocycles. The molecule has 0 fully saturated rings. The van der Waals surface area contributed by atoms with Gasteiger partial charge in [0.2, 0.25) is 0 Å². The molecule has 0 atom stereocenters. The molecule has 0 aromatic rings. The third-order valence-corrected chi connectivity index (χ3v) is 0.862. The molecule has 8 heavy (non-hydrogen) atoms. The van der Waals surface area contributed by atoms with Crippen LogP contribution in [0.4, 0.5) is 0 Å². The van der Waals surface area contributed by atoms with Crippen LogP contribution in [0.1, 0.15) is 20.3 Å². The minimum Gasteiger partial charge on any atom is -0.374 e. The Balaban J connectivity index is 2.99. The predicted octanol–water partition coefficient (Wildman–Crippen LogP) is 1.00. The van der Waals surface area contributed by atoms with Crippen molar-refractivity contribution in [3.63, 3.8) is 0 Å². The lowest BCUT2D eigenvalue weighted by molar-refractivity contribution is -0.123. The lowest BCUT2D eigenvalue weighted by Gasteiger charge is -1.94. The first-order chi connectivity index (χ1) is 3.81. The van der Waals surface area contributed by atoms with Gasteiger partial charge in [0, 0.05) is 13.0 Å². The van der Waals surface area contributed by atoms with Crippen LogP contribution in [-0.4, -0.2) is 19.0 Å². The lowest BCUT2D eigenvalue weighted by atomic mass is 10.3. The number of ketones is 1. The van der Waals surface area contributed by atoms with E-state index in [0.717, 1.165) is 0 Å². The quantitative estimate of drug-likeness (QED) is 0.547. The van der Waals surface area contributed by atoms with E-state index in [1.54, 1.807) is 0 Å². The Bertz CT molecular complexity index is 68.9. The summed E-state index contributed by atoms with van der Waals surface area (Å²) in [6, 6.07) is 0. The third-order valence-electron chi connectivity index (χ3n) is 0.862. The van der Waals surface area contributed by atoms with Crippen molar-refractivity contribution in [1.82, 2.24) is 0 Å². The molecule has 0 bridgehead atoms. The smallest absolute Gasteiger partial charge is 0.158 e. The second kappa shape index (κ2) is 4.78. The number of carbonyl (C=O) groups excluding carboxylic acids is 1. The Morgan fingerprint density at radius 1 is 1.50 bits per heavy atom. The first-order valence-corrected chi connectivity index (χ1v) is 2.90. The fourth-order valence-corrected chi connectivity index (χ4v) is 0.318. The van der Waals surface area contributed by atoms with Gasteiger partial charge in [-0.25, -0.2) is 0 Å². The fraction of sp³-hybridized carbons (Fsp3) is 0.833. The molecule has 0 spiro atoms. The molecule has 0 saturated heterocycles. The predicted molar refractivity (Wildman–Crippen MR) is 31.8 cm³/mol. The van der Waals surface area contributed by atoms with Gasteiger partial charge in [-0.15, -0.1) is 0 Å². The molecule has 0 amide bonds. The average Bonchev–Trinajstić information content (AvgIpc) is 1.83. The molecular formula is C6H12O2. The van der Waals surface area contributed by atoms with E-state index < -0.39 is 0 Å². The van der Waals surface area contributed by atoms with Crippen LogP contribution >= 0.6 is 0 Å². The van der Waals surface area contributed by atoms with Crippen molar-refractivity contribution in [2.24, 2.45) is 0 Å². The zero-order valence-corrected chi connectivity index (χ0v) is 5.44. The van der Waals surface area contributed by atoms with Crippen molar-refractivity contribution in [1.29, 1.82) is 0 Å². The summed E-state index contributed by atoms with van der Waals surface area (Å²) in [5.41, 5.74) is 0. The standard InChI is InChI=1S/C6H12O2/c1-3-6(7)5-8-4-2/h3-5H2,1-2H3. The summed E-state index contributed by atoms with van der Waals surface area (Å²) in [6.45, 7) is 4.63. The summed E-state index contributed by atoms with van der Waals surface area (Å²) in [4.78, 5) is 10.4. The topological polar surface area (TPSA) is 26.3 Å². The number of hydrogen-bond acceptors (Lipinski definition) is 2. The number of Topliss-reactive ketones (excluding diaryl/α,β-unsaturated/α-hetero) is 1. The third kappa shape index (κ3) is 3.81. The average molecular weight is 116 g/mol. The molecule has 0 aliphatic rings. The van der Waals surface area contributed by atoms with Crippen molar-refractivity contribution in [3.8, 4) is 0 Å². The normalized spacial score (nSPS) is 9.25. The van der Waals surface area contributed by atoms with E-state index in [4.69, 9.17) is 4.74 Å². The van der Waals surface area contributed by atoms with E-state index in [9.17, 15) is 4.79 Å². The molecule has 0 aliphatic carbocycles. The van der Waals surface area contributed by atoms with Gasteiger partial charge in [-0.3, -0.25) is 4.79 Å². The lowest BCUT2D eigenvalue weighted by Crippen LogP contribution is -2.05. The van der Waals surface area contributed by atoms with Crippen molar-refractivity contribution >= 4 is 5.78 Å². The van der Waals surface area contributed by atoms with Crippen LogP contribution < -0.4 is 0 Å². The molecular weight excluding hydrogens is 104 g/mol. The molecule has 0 rings (SSSR count). The van der Waals surface area contributed by atoms with Crippen molar-refractivity contribution < 1.29 is 9.53 Å². The molecule has 0 aromatic heterocycles. The highest BCUT2D eigenvalue weighted by atomic mass is 16.5. The minimum absolute atomic E-state index is 0.173. The molecule has 0 unspecified atom stereocenters. The van der Waals surface area contributed by atoms with E-state index >= 15 is 0 Å². The van der Waals surface area contributed by atoms with Gasteiger partial charge in [-0.1, -0.05) is 6.92 Å². The molecule has 2 nitrogen and oxygen atoms in total. The highest BCUT2D eigenvalue weighted by Crippen LogP contribution is 1.81. The van der Waals surface area contributed by atoms with E-state index in [1.807, 2.05) is 13.8 Å². The summed E-state index contributed by atoms with van der Waals surface area (Å²) >= 11 is 0. The Morgan fingerprint density at radius 3 is 2.50 bits per heavy atom. The van der Waals surface area contributed by atoms with E-state index in [2.05, 4.69) is 0 Å². The summed E-state index contributed by atoms with van der Waals surface area (Å²) in [7, 11) is 0. The largest absolute Gasteiger partial charge is 0.374 e. The zero-order valence-electron chi connectivity index (χ0n) is 5.44. The van der Waals surface area contributed by atoms with Crippen molar-refractivity contribution in [2.75, 3.05) is 13.2 Å². The van der Waals surface area contributed by atoms with E-state index in [0.29, 0.717) is 13.0 Å². The Kier molecular flexibility index (Phi) is 4.56. The number of hydrogen-bond donors (Lipinski definition) is 0. The molecule has 48 valence electrons. The molecule has 0 radical (unpaired) electrons. The maximum absolute atomic E-state index is 10.4. The maximum Gasteiger partial charge on any atom is 0.158 e. The van der Waals surface area contributed by atoms with Gasteiger partial charge in [0.25, 0.3) is 0 Å². The van der Waals surface area contributed by atoms with Crippen LogP contribution in [0.15, 0.2) is 0 Å². The highest BCUT2D eigenvalue weighted by molar-refractivity contribution is 5.79. The monoisotopic (exact) mass is 116 g/mol. The second-order valence-corrected chi connectivity index (χ2v) is 1.53. The van der Waals surface area contributed by atoms with Crippen molar-refractivity contribution in [2.45, 2.75) is 20.3 Å². The molecule has 0 aromatic carbocycles. The van der Waals surface area contributed by atoms with Crippen LogP contribution in [0.2, 0.25) is 0 Å². The Labute approximate surface area is 49.8 Å². The number of carbonyl (C=O) groups is 1.